The predicted molar refractivity (Wildman–Crippen MR) is 265 cm³/mol. The van der Waals surface area contributed by atoms with Gasteiger partial charge in [0.2, 0.25) is 0 Å². The molecule has 300 valence electrons. The average Bonchev–Trinajstić information content (AvgIpc) is 4.04. The molecule has 2 nitrogen and oxygen atoms in total. The number of hydrogen-bond acceptors (Lipinski definition) is 2. The van der Waals surface area contributed by atoms with Crippen molar-refractivity contribution in [2.45, 2.75) is 24.7 Å². The van der Waals surface area contributed by atoms with E-state index in [4.69, 9.17) is 4.42 Å². The quantitative estimate of drug-likeness (QED) is 0.176. The summed E-state index contributed by atoms with van der Waals surface area (Å²) in [5.41, 5.74) is 22.5. The maximum absolute atomic E-state index is 7.01. The molecule has 0 amide bonds. The molecule has 2 heteroatoms. The summed E-state index contributed by atoms with van der Waals surface area (Å²) in [4.78, 5) is 2.55. The second kappa shape index (κ2) is 12.8. The monoisotopic (exact) mass is 815 g/mol. The van der Waals surface area contributed by atoms with Crippen molar-refractivity contribution in [2.24, 2.45) is 0 Å². The van der Waals surface area contributed by atoms with Gasteiger partial charge in [-0.1, -0.05) is 184 Å². The van der Waals surface area contributed by atoms with Gasteiger partial charge in [-0.2, -0.15) is 0 Å². The van der Waals surface area contributed by atoms with Crippen molar-refractivity contribution < 1.29 is 4.42 Å². The van der Waals surface area contributed by atoms with Crippen LogP contribution < -0.4 is 4.90 Å². The van der Waals surface area contributed by atoms with Crippen LogP contribution in [-0.2, 0) is 10.8 Å². The van der Waals surface area contributed by atoms with E-state index >= 15 is 0 Å². The fourth-order valence-corrected chi connectivity index (χ4v) is 12.1. The van der Waals surface area contributed by atoms with Crippen LogP contribution in [0, 0.1) is 0 Å². The molecule has 10 aromatic carbocycles. The van der Waals surface area contributed by atoms with Crippen LogP contribution in [0.2, 0.25) is 0 Å². The van der Waals surface area contributed by atoms with Gasteiger partial charge in [0.15, 0.2) is 0 Å². The van der Waals surface area contributed by atoms with E-state index in [1.54, 1.807) is 0 Å². The number of rotatable bonds is 4. The topological polar surface area (TPSA) is 16.4 Å². The predicted octanol–water partition coefficient (Wildman–Crippen LogP) is 16.5. The van der Waals surface area contributed by atoms with Crippen LogP contribution >= 0.6 is 0 Å². The highest BCUT2D eigenvalue weighted by Crippen LogP contribution is 2.64. The maximum atomic E-state index is 7.01. The summed E-state index contributed by atoms with van der Waals surface area (Å²) in [7, 11) is 0. The van der Waals surface area contributed by atoms with E-state index < -0.39 is 5.41 Å². The van der Waals surface area contributed by atoms with Gasteiger partial charge in [0.1, 0.15) is 11.2 Å². The molecule has 0 atom stereocenters. The lowest BCUT2D eigenvalue weighted by atomic mass is 9.70. The largest absolute Gasteiger partial charge is 0.455 e. The van der Waals surface area contributed by atoms with Crippen LogP contribution in [-0.4, -0.2) is 0 Å². The van der Waals surface area contributed by atoms with Gasteiger partial charge in [-0.05, 0) is 120 Å². The zero-order valence-electron chi connectivity index (χ0n) is 35.6. The second-order valence-corrected chi connectivity index (χ2v) is 18.3. The molecule has 11 aromatic rings. The summed E-state index contributed by atoms with van der Waals surface area (Å²) in [5.74, 6) is 0. The van der Waals surface area contributed by atoms with Crippen molar-refractivity contribution in [3.8, 4) is 44.5 Å². The smallest absolute Gasteiger partial charge is 0.143 e. The summed E-state index contributed by atoms with van der Waals surface area (Å²) >= 11 is 0. The number of anilines is 3. The molecule has 1 aromatic heterocycles. The highest BCUT2D eigenvalue weighted by atomic mass is 16.3. The molecule has 0 fully saturated rings. The molecule has 0 N–H and O–H groups in total. The third-order valence-electron chi connectivity index (χ3n) is 14.9. The number of furan rings is 1. The summed E-state index contributed by atoms with van der Waals surface area (Å²) in [6.07, 6.45) is 0. The van der Waals surface area contributed by atoms with E-state index in [0.29, 0.717) is 0 Å². The normalized spacial score (nSPS) is 14.3. The lowest BCUT2D eigenvalue weighted by Gasteiger charge is -2.33. The Hall–Kier alpha value is -7.94. The SMILES string of the molecule is CC1(C)c2ccccc2-c2ccc(N(c3ccc4c(c3)C3(c5ccccc5-c5ccccc53)c3ccccc3-4)c3c(-c4ccccc4)ccc4oc5c6ccccc6ccc5c34)cc21. The molecule has 1 heterocycles. The zero-order valence-corrected chi connectivity index (χ0v) is 35.6. The van der Waals surface area contributed by atoms with E-state index in [0.717, 1.165) is 60.9 Å². The summed E-state index contributed by atoms with van der Waals surface area (Å²) < 4.78 is 7.01. The molecule has 64 heavy (non-hydrogen) atoms. The van der Waals surface area contributed by atoms with Gasteiger partial charge in [-0.3, -0.25) is 0 Å². The Morgan fingerprint density at radius 2 is 0.875 bits per heavy atom. The Bertz CT molecular complexity index is 3710. The minimum absolute atomic E-state index is 0.190. The summed E-state index contributed by atoms with van der Waals surface area (Å²) in [5, 5.41) is 4.48. The first-order valence-corrected chi connectivity index (χ1v) is 22.4. The first-order valence-electron chi connectivity index (χ1n) is 22.4. The van der Waals surface area contributed by atoms with Crippen LogP contribution in [0.25, 0.3) is 77.2 Å². The Morgan fingerprint density at radius 1 is 0.375 bits per heavy atom. The molecule has 1 spiro atoms. The fraction of sp³-hybridized carbons (Fsp3) is 0.0645. The fourth-order valence-electron chi connectivity index (χ4n) is 12.1. The van der Waals surface area contributed by atoms with Crippen molar-refractivity contribution >= 4 is 49.8 Å². The molecule has 3 aliphatic rings. The van der Waals surface area contributed by atoms with Gasteiger partial charge >= 0.3 is 0 Å². The third-order valence-corrected chi connectivity index (χ3v) is 14.9. The van der Waals surface area contributed by atoms with E-state index in [1.807, 2.05) is 0 Å². The molecule has 0 saturated heterocycles. The maximum Gasteiger partial charge on any atom is 0.143 e. The van der Waals surface area contributed by atoms with Crippen molar-refractivity contribution in [1.82, 2.24) is 0 Å². The highest BCUT2D eigenvalue weighted by Gasteiger charge is 2.51. The van der Waals surface area contributed by atoms with Gasteiger partial charge in [-0.25, -0.2) is 0 Å². The molecule has 0 saturated carbocycles. The van der Waals surface area contributed by atoms with Crippen LogP contribution in [0.5, 0.6) is 0 Å². The Kier molecular flexibility index (Phi) is 7.13. The van der Waals surface area contributed by atoms with Gasteiger partial charge in [0.25, 0.3) is 0 Å². The lowest BCUT2D eigenvalue weighted by molar-refractivity contribution is 0.660. The van der Waals surface area contributed by atoms with Crippen molar-refractivity contribution in [2.75, 3.05) is 4.90 Å². The number of benzene rings is 10. The summed E-state index contributed by atoms with van der Waals surface area (Å²) in [6.45, 7) is 4.75. The first kappa shape index (κ1) is 35.6. The van der Waals surface area contributed by atoms with E-state index in [2.05, 4.69) is 231 Å². The van der Waals surface area contributed by atoms with Crippen LogP contribution in [0.4, 0.5) is 17.1 Å². The third kappa shape index (κ3) is 4.54. The minimum atomic E-state index is -0.488. The van der Waals surface area contributed by atoms with Crippen LogP contribution in [0.3, 0.4) is 0 Å². The minimum Gasteiger partial charge on any atom is -0.455 e. The van der Waals surface area contributed by atoms with Gasteiger partial charge in [0, 0.05) is 33.1 Å². The molecular formula is C62H41NO. The van der Waals surface area contributed by atoms with Crippen molar-refractivity contribution in [3.05, 3.63) is 246 Å². The van der Waals surface area contributed by atoms with E-state index in [-0.39, 0.29) is 5.41 Å². The molecule has 3 aliphatic carbocycles. The Morgan fingerprint density at radius 3 is 1.53 bits per heavy atom. The zero-order chi connectivity index (χ0) is 42.3. The molecule has 0 aliphatic heterocycles. The molecule has 14 rings (SSSR count). The average molecular weight is 816 g/mol. The molecule has 0 radical (unpaired) electrons. The summed E-state index contributed by atoms with van der Waals surface area (Å²) in [6, 6.07) is 79.1. The first-order chi connectivity index (χ1) is 31.5. The lowest BCUT2D eigenvalue weighted by Crippen LogP contribution is -2.26. The number of hydrogen-bond donors (Lipinski definition) is 0. The van der Waals surface area contributed by atoms with Crippen LogP contribution in [0.15, 0.2) is 217 Å². The number of nitrogens with zero attached hydrogens (tertiary/aromatic N) is 1. The molecule has 0 bridgehead atoms. The Labute approximate surface area is 372 Å². The van der Waals surface area contributed by atoms with Crippen LogP contribution in [0.1, 0.15) is 47.2 Å². The highest BCUT2D eigenvalue weighted by molar-refractivity contribution is 6.22. The van der Waals surface area contributed by atoms with Crippen molar-refractivity contribution in [3.63, 3.8) is 0 Å². The van der Waals surface area contributed by atoms with Gasteiger partial charge < -0.3 is 9.32 Å². The standard InChI is InChI=1S/C62H41NO/c1-61(2)51-24-12-8-20-44(51)48-32-29-40(36-55(48)61)63(59-42(38-16-4-3-5-17-38)34-35-57-58(59)50-31-28-39-18-6-7-19-43(39)60(50)64-57)41-30-33-49-47-23-11-15-27-54(47)62(56(49)37-41)52-25-13-9-21-45(52)46-22-10-14-26-53(46)62/h3-37H,1-2H3. The van der Waals surface area contributed by atoms with Gasteiger partial charge in [0.05, 0.1) is 16.5 Å². The van der Waals surface area contributed by atoms with Gasteiger partial charge in [-0.15, -0.1) is 0 Å². The van der Waals surface area contributed by atoms with E-state index in [9.17, 15) is 0 Å². The van der Waals surface area contributed by atoms with Crippen molar-refractivity contribution in [1.29, 1.82) is 0 Å². The second-order valence-electron chi connectivity index (χ2n) is 18.3. The Balaban J connectivity index is 1.12. The molecular weight excluding hydrogens is 775 g/mol. The van der Waals surface area contributed by atoms with E-state index in [1.165, 1.54) is 66.8 Å². The number of fused-ring (bicyclic) bond motifs is 18. The molecule has 0 unspecified atom stereocenters.